The highest BCUT2D eigenvalue weighted by molar-refractivity contribution is 7.89. The molecule has 0 aliphatic carbocycles. The Hall–Kier alpha value is -2.20. The molecule has 1 heterocycles. The van der Waals surface area contributed by atoms with Crippen molar-refractivity contribution in [2.75, 3.05) is 11.9 Å². The summed E-state index contributed by atoms with van der Waals surface area (Å²) in [5, 5.41) is 8.03. The molecule has 0 aliphatic heterocycles. The molecule has 2 rings (SSSR count). The average Bonchev–Trinajstić information content (AvgIpc) is 2.65. The fraction of sp³-hybridized carbons (Fsp3) is 0.235. The van der Waals surface area contributed by atoms with E-state index < -0.39 is 28.5 Å². The Labute approximate surface area is 172 Å². The lowest BCUT2D eigenvalue weighted by Gasteiger charge is -2.09. The molecule has 0 radical (unpaired) electrons. The molecule has 3 N–H and O–H groups in total. The first kappa shape index (κ1) is 22.1. The first-order valence-electron chi connectivity index (χ1n) is 7.95. The van der Waals surface area contributed by atoms with Gasteiger partial charge in [0.05, 0.1) is 14.9 Å². The van der Waals surface area contributed by atoms with E-state index in [2.05, 4.69) is 10.3 Å². The van der Waals surface area contributed by atoms with Gasteiger partial charge in [0.25, 0.3) is 5.91 Å². The lowest BCUT2D eigenvalue weighted by Crippen LogP contribution is -2.22. The first-order chi connectivity index (χ1) is 13.1. The molecule has 0 spiro atoms. The zero-order valence-electron chi connectivity index (χ0n) is 14.7. The molecule has 150 valence electrons. The standard InChI is InChI=1S/C17H17Cl2N3O5S/c1-10-13(18)8-21-17(16(10)19)22-14(23)9-27-15(24)7-4-11-2-5-12(6-3-11)28(20,25)26/h2-3,5-6,8H,4,7,9H2,1H3,(H2,20,25,26)(H,21,22,23). The molecule has 11 heteroatoms. The summed E-state index contributed by atoms with van der Waals surface area (Å²) in [4.78, 5) is 27.6. The predicted molar refractivity (Wildman–Crippen MR) is 105 cm³/mol. The molecule has 0 unspecified atom stereocenters. The van der Waals surface area contributed by atoms with E-state index in [0.29, 0.717) is 17.0 Å². The largest absolute Gasteiger partial charge is 0.456 e. The van der Waals surface area contributed by atoms with Crippen molar-refractivity contribution in [3.63, 3.8) is 0 Å². The molecular formula is C17H17Cl2N3O5S. The van der Waals surface area contributed by atoms with Crippen LogP contribution in [0.5, 0.6) is 0 Å². The number of anilines is 1. The van der Waals surface area contributed by atoms with E-state index in [9.17, 15) is 18.0 Å². The highest BCUT2D eigenvalue weighted by Gasteiger charge is 2.13. The van der Waals surface area contributed by atoms with Gasteiger partial charge in [0.1, 0.15) is 0 Å². The molecule has 0 bridgehead atoms. The molecule has 0 saturated carbocycles. The Kier molecular flexibility index (Phi) is 7.36. The van der Waals surface area contributed by atoms with Crippen molar-refractivity contribution >= 4 is 50.9 Å². The Morgan fingerprint density at radius 1 is 1.21 bits per heavy atom. The third kappa shape index (κ3) is 6.16. The lowest BCUT2D eigenvalue weighted by atomic mass is 10.1. The van der Waals surface area contributed by atoms with Crippen molar-refractivity contribution in [2.45, 2.75) is 24.7 Å². The molecule has 0 atom stereocenters. The predicted octanol–water partition coefficient (Wildman–Crippen LogP) is 2.46. The Morgan fingerprint density at radius 2 is 1.86 bits per heavy atom. The number of hydrogen-bond acceptors (Lipinski definition) is 6. The second-order valence-corrected chi connectivity index (χ2v) is 8.14. The van der Waals surface area contributed by atoms with Crippen molar-refractivity contribution in [2.24, 2.45) is 5.14 Å². The summed E-state index contributed by atoms with van der Waals surface area (Å²) in [6.45, 7) is 1.18. The van der Waals surface area contributed by atoms with Crippen LogP contribution in [0, 0.1) is 6.92 Å². The number of hydrogen-bond donors (Lipinski definition) is 2. The maximum atomic E-state index is 11.9. The number of carbonyl (C=O) groups excluding carboxylic acids is 2. The quantitative estimate of drug-likeness (QED) is 0.629. The number of nitrogens with one attached hydrogen (secondary N) is 1. The van der Waals surface area contributed by atoms with Crippen LogP contribution < -0.4 is 10.5 Å². The van der Waals surface area contributed by atoms with Gasteiger partial charge in [-0.2, -0.15) is 0 Å². The number of rotatable bonds is 7. The van der Waals surface area contributed by atoms with Gasteiger partial charge < -0.3 is 10.1 Å². The van der Waals surface area contributed by atoms with Gasteiger partial charge >= 0.3 is 5.97 Å². The Bertz CT molecular complexity index is 995. The molecule has 0 fully saturated rings. The van der Waals surface area contributed by atoms with Crippen molar-refractivity contribution in [3.05, 3.63) is 51.6 Å². The van der Waals surface area contributed by atoms with E-state index in [1.54, 1.807) is 19.1 Å². The average molecular weight is 446 g/mol. The number of pyridine rings is 1. The highest BCUT2D eigenvalue weighted by Crippen LogP contribution is 2.28. The van der Waals surface area contributed by atoms with Crippen LogP contribution in [0.1, 0.15) is 17.5 Å². The van der Waals surface area contributed by atoms with Crippen LogP contribution in [0.25, 0.3) is 0 Å². The molecule has 1 amide bonds. The van der Waals surface area contributed by atoms with E-state index in [1.165, 1.54) is 18.3 Å². The fourth-order valence-electron chi connectivity index (χ4n) is 2.12. The van der Waals surface area contributed by atoms with Gasteiger partial charge in [-0.3, -0.25) is 9.59 Å². The van der Waals surface area contributed by atoms with Crippen molar-refractivity contribution in [3.8, 4) is 0 Å². The molecule has 0 saturated heterocycles. The van der Waals surface area contributed by atoms with Crippen LogP contribution in [0.3, 0.4) is 0 Å². The zero-order chi connectivity index (χ0) is 20.9. The zero-order valence-corrected chi connectivity index (χ0v) is 17.1. The van der Waals surface area contributed by atoms with E-state index in [-0.39, 0.29) is 22.2 Å². The molecule has 8 nitrogen and oxygen atoms in total. The van der Waals surface area contributed by atoms with Gasteiger partial charge in [0.15, 0.2) is 12.4 Å². The minimum Gasteiger partial charge on any atom is -0.456 e. The van der Waals surface area contributed by atoms with Crippen LogP contribution in [-0.2, 0) is 30.8 Å². The van der Waals surface area contributed by atoms with Crippen LogP contribution in [0.15, 0.2) is 35.4 Å². The summed E-state index contributed by atoms with van der Waals surface area (Å²) in [5.74, 6) is -1.06. The summed E-state index contributed by atoms with van der Waals surface area (Å²) < 4.78 is 27.3. The third-order valence-electron chi connectivity index (χ3n) is 3.69. The number of aromatic nitrogens is 1. The molecular weight excluding hydrogens is 429 g/mol. The van der Waals surface area contributed by atoms with Gasteiger partial charge in [-0.1, -0.05) is 35.3 Å². The van der Waals surface area contributed by atoms with Crippen LogP contribution in [0.4, 0.5) is 5.82 Å². The summed E-state index contributed by atoms with van der Waals surface area (Å²) in [7, 11) is -3.76. The summed E-state index contributed by atoms with van der Waals surface area (Å²) in [6.07, 6.45) is 1.68. The molecule has 1 aromatic carbocycles. The van der Waals surface area contributed by atoms with Gasteiger partial charge in [-0.05, 0) is 36.6 Å². The minimum atomic E-state index is -3.76. The van der Waals surface area contributed by atoms with Crippen LogP contribution >= 0.6 is 23.2 Å². The fourth-order valence-corrected chi connectivity index (χ4v) is 3.03. The van der Waals surface area contributed by atoms with Crippen LogP contribution in [-0.4, -0.2) is 31.9 Å². The smallest absolute Gasteiger partial charge is 0.306 e. The Balaban J connectivity index is 1.81. The number of primary sulfonamides is 1. The minimum absolute atomic E-state index is 0.0137. The maximum Gasteiger partial charge on any atom is 0.306 e. The third-order valence-corrected chi connectivity index (χ3v) is 5.47. The highest BCUT2D eigenvalue weighted by atomic mass is 35.5. The second-order valence-electron chi connectivity index (χ2n) is 5.79. The number of nitrogens with two attached hydrogens (primary N) is 1. The Morgan fingerprint density at radius 3 is 2.46 bits per heavy atom. The molecule has 0 aliphatic rings. The van der Waals surface area contributed by atoms with Gasteiger partial charge in [-0.15, -0.1) is 0 Å². The lowest BCUT2D eigenvalue weighted by molar-refractivity contribution is -0.147. The monoisotopic (exact) mass is 445 g/mol. The molecule has 2 aromatic rings. The van der Waals surface area contributed by atoms with E-state index in [4.69, 9.17) is 33.1 Å². The van der Waals surface area contributed by atoms with Crippen molar-refractivity contribution in [1.29, 1.82) is 0 Å². The van der Waals surface area contributed by atoms with Crippen LogP contribution in [0.2, 0.25) is 10.0 Å². The number of halogens is 2. The molecule has 1 aromatic heterocycles. The number of nitrogens with zero attached hydrogens (tertiary/aromatic N) is 1. The van der Waals surface area contributed by atoms with Gasteiger partial charge in [-0.25, -0.2) is 18.5 Å². The van der Waals surface area contributed by atoms with E-state index >= 15 is 0 Å². The van der Waals surface area contributed by atoms with E-state index in [1.807, 2.05) is 0 Å². The van der Waals surface area contributed by atoms with Gasteiger partial charge in [0, 0.05) is 12.6 Å². The number of amides is 1. The number of benzene rings is 1. The number of sulfonamides is 1. The number of esters is 1. The summed E-state index contributed by atoms with van der Waals surface area (Å²) in [5.41, 5.74) is 1.29. The topological polar surface area (TPSA) is 128 Å². The SMILES string of the molecule is Cc1c(Cl)cnc(NC(=O)COC(=O)CCc2ccc(S(N)(=O)=O)cc2)c1Cl. The van der Waals surface area contributed by atoms with Crippen molar-refractivity contribution in [1.82, 2.24) is 4.98 Å². The summed E-state index contributed by atoms with van der Waals surface area (Å²) >= 11 is 11.9. The van der Waals surface area contributed by atoms with E-state index in [0.717, 1.165) is 5.56 Å². The normalized spacial score (nSPS) is 11.1. The number of aryl methyl sites for hydroxylation is 1. The van der Waals surface area contributed by atoms with Crippen molar-refractivity contribution < 1.29 is 22.7 Å². The maximum absolute atomic E-state index is 11.9. The second kappa shape index (κ2) is 9.33. The van der Waals surface area contributed by atoms with Gasteiger partial charge in [0.2, 0.25) is 10.0 Å². The first-order valence-corrected chi connectivity index (χ1v) is 10.3. The summed E-state index contributed by atoms with van der Waals surface area (Å²) in [6, 6.07) is 5.81. The number of carbonyl (C=O) groups is 2. The number of ether oxygens (including phenoxy) is 1. The molecule has 28 heavy (non-hydrogen) atoms.